The molecule has 0 saturated carbocycles. The van der Waals surface area contributed by atoms with Crippen LogP contribution in [0.25, 0.3) is 0 Å². The van der Waals surface area contributed by atoms with E-state index >= 15 is 0 Å². The summed E-state index contributed by atoms with van der Waals surface area (Å²) in [7, 11) is 0. The van der Waals surface area contributed by atoms with Gasteiger partial charge >= 0.3 is 0 Å². The van der Waals surface area contributed by atoms with Gasteiger partial charge in [0.05, 0.1) is 12.1 Å². The van der Waals surface area contributed by atoms with Crippen LogP contribution in [0.5, 0.6) is 0 Å². The second-order valence-corrected chi connectivity index (χ2v) is 3.85. The molecular formula is C11H22N2. The van der Waals surface area contributed by atoms with Crippen LogP contribution in [-0.2, 0) is 0 Å². The van der Waals surface area contributed by atoms with Crippen molar-refractivity contribution in [3.05, 3.63) is 0 Å². The Morgan fingerprint density at radius 1 is 1.23 bits per heavy atom. The highest BCUT2D eigenvalue weighted by molar-refractivity contribution is 4.90. The van der Waals surface area contributed by atoms with Crippen LogP contribution in [0.4, 0.5) is 0 Å². The van der Waals surface area contributed by atoms with Crippen molar-refractivity contribution >= 4 is 0 Å². The molecule has 0 bridgehead atoms. The van der Waals surface area contributed by atoms with E-state index in [1.807, 2.05) is 0 Å². The predicted octanol–water partition coefficient (Wildman–Crippen LogP) is 2.85. The zero-order valence-corrected chi connectivity index (χ0v) is 9.14. The number of unbranched alkanes of at least 4 members (excludes halogenated alkanes) is 3. The van der Waals surface area contributed by atoms with E-state index in [4.69, 9.17) is 5.26 Å². The molecule has 0 aliphatic heterocycles. The predicted molar refractivity (Wildman–Crippen MR) is 56.4 cm³/mol. The SMILES string of the molecule is CCCCCCC(C#N)NC(C)C. The van der Waals surface area contributed by atoms with Gasteiger partial charge in [0.1, 0.15) is 0 Å². The number of rotatable bonds is 7. The van der Waals surface area contributed by atoms with E-state index < -0.39 is 0 Å². The maximum atomic E-state index is 8.82. The van der Waals surface area contributed by atoms with Gasteiger partial charge in [-0.05, 0) is 20.3 Å². The molecule has 1 atom stereocenters. The Labute approximate surface area is 82.3 Å². The fourth-order valence-corrected chi connectivity index (χ4v) is 1.36. The molecule has 0 aliphatic carbocycles. The second-order valence-electron chi connectivity index (χ2n) is 3.85. The highest BCUT2D eigenvalue weighted by Gasteiger charge is 2.06. The van der Waals surface area contributed by atoms with Gasteiger partial charge in [-0.15, -0.1) is 0 Å². The molecule has 0 aromatic carbocycles. The van der Waals surface area contributed by atoms with Crippen molar-refractivity contribution in [2.45, 2.75) is 65.0 Å². The molecule has 0 rings (SSSR count). The number of nitrogens with one attached hydrogen (secondary N) is 1. The molecule has 76 valence electrons. The van der Waals surface area contributed by atoms with Crippen LogP contribution in [-0.4, -0.2) is 12.1 Å². The molecule has 0 fully saturated rings. The quantitative estimate of drug-likeness (QED) is 0.614. The van der Waals surface area contributed by atoms with Crippen LogP contribution in [0, 0.1) is 11.3 Å². The molecule has 0 amide bonds. The topological polar surface area (TPSA) is 35.8 Å². The summed E-state index contributed by atoms with van der Waals surface area (Å²) in [6.45, 7) is 6.36. The minimum Gasteiger partial charge on any atom is -0.300 e. The largest absolute Gasteiger partial charge is 0.300 e. The summed E-state index contributed by atoms with van der Waals surface area (Å²) < 4.78 is 0. The third kappa shape index (κ3) is 7.80. The maximum absolute atomic E-state index is 8.82. The van der Waals surface area contributed by atoms with Crippen molar-refractivity contribution in [2.24, 2.45) is 0 Å². The van der Waals surface area contributed by atoms with Crippen LogP contribution >= 0.6 is 0 Å². The number of nitriles is 1. The first-order valence-electron chi connectivity index (χ1n) is 5.36. The summed E-state index contributed by atoms with van der Waals surface area (Å²) in [6.07, 6.45) is 5.98. The van der Waals surface area contributed by atoms with Crippen molar-refractivity contribution in [3.8, 4) is 6.07 Å². The summed E-state index contributed by atoms with van der Waals surface area (Å²) in [5, 5.41) is 12.1. The Balaban J connectivity index is 3.44. The summed E-state index contributed by atoms with van der Waals surface area (Å²) in [6, 6.07) is 2.76. The van der Waals surface area contributed by atoms with Crippen LogP contribution in [0.15, 0.2) is 0 Å². The fourth-order valence-electron chi connectivity index (χ4n) is 1.36. The van der Waals surface area contributed by atoms with Crippen molar-refractivity contribution < 1.29 is 0 Å². The first kappa shape index (κ1) is 12.4. The van der Waals surface area contributed by atoms with Gasteiger partial charge in [-0.25, -0.2) is 0 Å². The van der Waals surface area contributed by atoms with Crippen molar-refractivity contribution in [3.63, 3.8) is 0 Å². The van der Waals surface area contributed by atoms with Gasteiger partial charge in [0.2, 0.25) is 0 Å². The minimum atomic E-state index is 0.0526. The van der Waals surface area contributed by atoms with E-state index in [-0.39, 0.29) is 6.04 Å². The van der Waals surface area contributed by atoms with Crippen molar-refractivity contribution in [2.75, 3.05) is 0 Å². The highest BCUT2D eigenvalue weighted by Crippen LogP contribution is 2.05. The lowest BCUT2D eigenvalue weighted by Gasteiger charge is -2.13. The molecule has 0 saturated heterocycles. The molecule has 2 heteroatoms. The zero-order valence-electron chi connectivity index (χ0n) is 9.14. The fraction of sp³-hybridized carbons (Fsp3) is 0.909. The average molecular weight is 182 g/mol. The molecule has 0 aromatic rings. The van der Waals surface area contributed by atoms with Crippen LogP contribution < -0.4 is 5.32 Å². The molecule has 0 spiro atoms. The molecular weight excluding hydrogens is 160 g/mol. The third-order valence-corrected chi connectivity index (χ3v) is 2.04. The lowest BCUT2D eigenvalue weighted by Crippen LogP contribution is -2.33. The molecule has 1 N–H and O–H groups in total. The Morgan fingerprint density at radius 3 is 2.38 bits per heavy atom. The smallest absolute Gasteiger partial charge is 0.0954 e. The number of hydrogen-bond acceptors (Lipinski definition) is 2. The van der Waals surface area contributed by atoms with Gasteiger partial charge in [-0.2, -0.15) is 5.26 Å². The van der Waals surface area contributed by atoms with Gasteiger partial charge in [-0.1, -0.05) is 32.6 Å². The summed E-state index contributed by atoms with van der Waals surface area (Å²) in [5.74, 6) is 0. The van der Waals surface area contributed by atoms with Gasteiger partial charge in [0.25, 0.3) is 0 Å². The molecule has 0 heterocycles. The lowest BCUT2D eigenvalue weighted by atomic mass is 10.1. The minimum absolute atomic E-state index is 0.0526. The summed E-state index contributed by atoms with van der Waals surface area (Å²) >= 11 is 0. The molecule has 13 heavy (non-hydrogen) atoms. The maximum Gasteiger partial charge on any atom is 0.0954 e. The standard InChI is InChI=1S/C11H22N2/c1-4-5-6-7-8-11(9-12)13-10(2)3/h10-11,13H,4-8H2,1-3H3. The summed E-state index contributed by atoms with van der Waals surface area (Å²) in [5.41, 5.74) is 0. The summed E-state index contributed by atoms with van der Waals surface area (Å²) in [4.78, 5) is 0. The molecule has 2 nitrogen and oxygen atoms in total. The lowest BCUT2D eigenvalue weighted by molar-refractivity contribution is 0.482. The van der Waals surface area contributed by atoms with Gasteiger partial charge in [0.15, 0.2) is 0 Å². The third-order valence-electron chi connectivity index (χ3n) is 2.04. The van der Waals surface area contributed by atoms with Crippen molar-refractivity contribution in [1.82, 2.24) is 5.32 Å². The van der Waals surface area contributed by atoms with E-state index in [0.29, 0.717) is 6.04 Å². The zero-order chi connectivity index (χ0) is 10.1. The van der Waals surface area contributed by atoms with Gasteiger partial charge in [0, 0.05) is 6.04 Å². The van der Waals surface area contributed by atoms with E-state index in [2.05, 4.69) is 32.2 Å². The Hall–Kier alpha value is -0.550. The Morgan fingerprint density at radius 2 is 1.92 bits per heavy atom. The van der Waals surface area contributed by atoms with E-state index in [0.717, 1.165) is 6.42 Å². The molecule has 0 aromatic heterocycles. The van der Waals surface area contributed by atoms with Crippen LogP contribution in [0.1, 0.15) is 52.9 Å². The number of hydrogen-bond donors (Lipinski definition) is 1. The van der Waals surface area contributed by atoms with E-state index in [1.165, 1.54) is 25.7 Å². The van der Waals surface area contributed by atoms with Crippen LogP contribution in [0.2, 0.25) is 0 Å². The first-order chi connectivity index (χ1) is 6.20. The van der Waals surface area contributed by atoms with Gasteiger partial charge < -0.3 is 0 Å². The molecule has 1 unspecified atom stereocenters. The molecule has 0 radical (unpaired) electrons. The number of nitrogens with zero attached hydrogens (tertiary/aromatic N) is 1. The Kier molecular flexibility index (Phi) is 7.73. The van der Waals surface area contributed by atoms with E-state index in [9.17, 15) is 0 Å². The van der Waals surface area contributed by atoms with E-state index in [1.54, 1.807) is 0 Å². The second kappa shape index (κ2) is 8.07. The normalized spacial score (nSPS) is 12.8. The van der Waals surface area contributed by atoms with Crippen LogP contribution in [0.3, 0.4) is 0 Å². The average Bonchev–Trinajstić information content (AvgIpc) is 2.09. The Bertz CT molecular complexity index is 147. The molecule has 0 aliphatic rings. The monoisotopic (exact) mass is 182 g/mol. The van der Waals surface area contributed by atoms with Crippen molar-refractivity contribution in [1.29, 1.82) is 5.26 Å². The highest BCUT2D eigenvalue weighted by atomic mass is 14.9. The first-order valence-corrected chi connectivity index (χ1v) is 5.36. The van der Waals surface area contributed by atoms with Gasteiger partial charge in [-0.3, -0.25) is 5.32 Å².